The Balaban J connectivity index is 1.44. The summed E-state index contributed by atoms with van der Waals surface area (Å²) < 4.78 is 19.9. The molecule has 182 valence electrons. The number of amides is 1. The van der Waals surface area contributed by atoms with Crippen LogP contribution < -0.4 is 10.2 Å². The molecule has 0 aliphatic carbocycles. The van der Waals surface area contributed by atoms with Gasteiger partial charge in [0, 0.05) is 41.7 Å². The van der Waals surface area contributed by atoms with E-state index in [0.717, 1.165) is 34.5 Å². The summed E-state index contributed by atoms with van der Waals surface area (Å²) in [7, 11) is 0. The molecular formula is C28H30FN3O3. The maximum Gasteiger partial charge on any atom is 0.255 e. The fraction of sp³-hybridized carbons (Fsp3) is 0.357. The Bertz CT molecular complexity index is 1270. The van der Waals surface area contributed by atoms with Gasteiger partial charge >= 0.3 is 0 Å². The first-order chi connectivity index (χ1) is 16.7. The summed E-state index contributed by atoms with van der Waals surface area (Å²) in [6.07, 6.45) is 1.61. The van der Waals surface area contributed by atoms with Gasteiger partial charge in [-0.2, -0.15) is 0 Å². The second-order valence-electron chi connectivity index (χ2n) is 9.83. The van der Waals surface area contributed by atoms with E-state index in [2.05, 4.69) is 21.3 Å². The molecule has 7 heteroatoms. The van der Waals surface area contributed by atoms with Crippen molar-refractivity contribution in [3.63, 3.8) is 0 Å². The first kappa shape index (κ1) is 23.5. The molecule has 0 saturated carbocycles. The molecule has 2 N–H and O–H groups in total. The van der Waals surface area contributed by atoms with Crippen molar-refractivity contribution in [3.05, 3.63) is 77.1 Å². The first-order valence-corrected chi connectivity index (χ1v) is 11.9. The van der Waals surface area contributed by atoms with Crippen molar-refractivity contribution < 1.29 is 19.0 Å². The summed E-state index contributed by atoms with van der Waals surface area (Å²) in [5.74, 6) is -0.322. The van der Waals surface area contributed by atoms with Crippen molar-refractivity contribution in [3.8, 4) is 11.1 Å². The van der Waals surface area contributed by atoms with Gasteiger partial charge in [-0.15, -0.1) is 0 Å². The highest BCUT2D eigenvalue weighted by Gasteiger charge is 2.34. The van der Waals surface area contributed by atoms with Crippen molar-refractivity contribution in [2.24, 2.45) is 0 Å². The number of aromatic nitrogens is 1. The maximum absolute atomic E-state index is 14.3. The quantitative estimate of drug-likeness (QED) is 0.546. The summed E-state index contributed by atoms with van der Waals surface area (Å²) in [5.41, 5.74) is 4.65. The molecule has 1 amide bonds. The van der Waals surface area contributed by atoms with Gasteiger partial charge < -0.3 is 20.1 Å². The van der Waals surface area contributed by atoms with Crippen LogP contribution in [0.5, 0.6) is 0 Å². The SMILES string of the molecule is Cc1ccc(NC(=O)c2ccnc(C(C)(C)F)c2)cc1-c1ccc2c(c1)N1CCOC[C@@H]1C[C@@H]2O. The zero-order valence-electron chi connectivity index (χ0n) is 20.2. The summed E-state index contributed by atoms with van der Waals surface area (Å²) in [6, 6.07) is 15.2. The number of rotatable bonds is 4. The Morgan fingerprint density at radius 1 is 1.20 bits per heavy atom. The summed E-state index contributed by atoms with van der Waals surface area (Å²) in [6.45, 7) is 6.96. The van der Waals surface area contributed by atoms with Crippen LogP contribution in [-0.2, 0) is 10.4 Å². The van der Waals surface area contributed by atoms with Crippen molar-refractivity contribution in [2.45, 2.75) is 45.0 Å². The Hall–Kier alpha value is -3.29. The van der Waals surface area contributed by atoms with Crippen LogP contribution in [0.4, 0.5) is 15.8 Å². The van der Waals surface area contributed by atoms with Crippen LogP contribution in [0.2, 0.25) is 0 Å². The number of alkyl halides is 1. The third-order valence-corrected chi connectivity index (χ3v) is 6.86. The number of morpholine rings is 1. The number of benzene rings is 2. The van der Waals surface area contributed by atoms with Gasteiger partial charge in [0.1, 0.15) is 5.67 Å². The maximum atomic E-state index is 14.3. The molecule has 1 fully saturated rings. The number of aryl methyl sites for hydroxylation is 1. The zero-order chi connectivity index (χ0) is 24.7. The van der Waals surface area contributed by atoms with Gasteiger partial charge in [0.2, 0.25) is 0 Å². The van der Waals surface area contributed by atoms with Gasteiger partial charge in [0.05, 0.1) is 31.1 Å². The predicted octanol–water partition coefficient (Wildman–Crippen LogP) is 5.16. The third kappa shape index (κ3) is 4.66. The van der Waals surface area contributed by atoms with E-state index in [1.165, 1.54) is 26.1 Å². The van der Waals surface area contributed by atoms with Crippen LogP contribution in [0.1, 0.15) is 53.6 Å². The standard InChI is InChI=1S/C28H30FN3O3/c1-17-4-6-20(31-27(34)19-8-9-30-26(13-19)28(2,3)29)14-23(17)18-5-7-22-24(12-18)32-10-11-35-16-21(32)15-25(22)33/h4-9,12-14,21,25,33H,10-11,15-16H2,1-3H3,(H,31,34)/t21-,25-/m0/s1. The number of hydrogen-bond donors (Lipinski definition) is 2. The number of aliphatic hydroxyl groups is 1. The Kier molecular flexibility index (Phi) is 6.07. The number of hydrogen-bond acceptors (Lipinski definition) is 5. The lowest BCUT2D eigenvalue weighted by Gasteiger charge is -2.43. The number of aliphatic hydroxyl groups excluding tert-OH is 1. The zero-order valence-corrected chi connectivity index (χ0v) is 20.2. The van der Waals surface area contributed by atoms with Crippen molar-refractivity contribution >= 4 is 17.3 Å². The largest absolute Gasteiger partial charge is 0.388 e. The second-order valence-corrected chi connectivity index (χ2v) is 9.83. The minimum Gasteiger partial charge on any atom is -0.388 e. The van der Waals surface area contributed by atoms with E-state index in [1.54, 1.807) is 6.07 Å². The van der Waals surface area contributed by atoms with E-state index in [1.807, 2.05) is 37.3 Å². The summed E-state index contributed by atoms with van der Waals surface area (Å²) in [4.78, 5) is 19.3. The van der Waals surface area contributed by atoms with Crippen LogP contribution in [0.15, 0.2) is 54.7 Å². The average molecular weight is 476 g/mol. The van der Waals surface area contributed by atoms with E-state index in [9.17, 15) is 14.3 Å². The van der Waals surface area contributed by atoms with Gasteiger partial charge in [-0.05, 0) is 67.8 Å². The predicted molar refractivity (Wildman–Crippen MR) is 134 cm³/mol. The average Bonchev–Trinajstić information content (AvgIpc) is 2.84. The second kappa shape index (κ2) is 9.06. The molecule has 2 atom stereocenters. The number of nitrogens with zero attached hydrogens (tertiary/aromatic N) is 2. The smallest absolute Gasteiger partial charge is 0.255 e. The Morgan fingerprint density at radius 3 is 2.83 bits per heavy atom. The molecule has 2 aliphatic rings. The number of nitrogens with one attached hydrogen (secondary N) is 1. The fourth-order valence-corrected chi connectivity index (χ4v) is 4.90. The van der Waals surface area contributed by atoms with E-state index < -0.39 is 11.8 Å². The van der Waals surface area contributed by atoms with Crippen LogP contribution in [0.3, 0.4) is 0 Å². The molecule has 5 rings (SSSR count). The normalized spacial score (nSPS) is 19.6. The lowest BCUT2D eigenvalue weighted by molar-refractivity contribution is 0.0612. The van der Waals surface area contributed by atoms with Crippen LogP contribution in [-0.4, -0.2) is 41.8 Å². The van der Waals surface area contributed by atoms with Crippen LogP contribution in [0, 0.1) is 6.92 Å². The van der Waals surface area contributed by atoms with E-state index in [-0.39, 0.29) is 17.6 Å². The van der Waals surface area contributed by atoms with E-state index >= 15 is 0 Å². The molecule has 3 heterocycles. The Labute approximate surface area is 204 Å². The monoisotopic (exact) mass is 475 g/mol. The lowest BCUT2D eigenvalue weighted by atomic mass is 9.89. The molecule has 0 spiro atoms. The number of halogens is 1. The fourth-order valence-electron chi connectivity index (χ4n) is 4.90. The van der Waals surface area contributed by atoms with E-state index in [0.29, 0.717) is 30.9 Å². The minimum atomic E-state index is -1.63. The molecule has 1 aromatic heterocycles. The number of pyridine rings is 1. The van der Waals surface area contributed by atoms with E-state index in [4.69, 9.17) is 4.74 Å². The number of anilines is 2. The number of ether oxygens (including phenoxy) is 1. The van der Waals surface area contributed by atoms with Crippen LogP contribution >= 0.6 is 0 Å². The van der Waals surface area contributed by atoms with Crippen molar-refractivity contribution in [2.75, 3.05) is 30.0 Å². The summed E-state index contributed by atoms with van der Waals surface area (Å²) in [5, 5.41) is 13.6. The highest BCUT2D eigenvalue weighted by molar-refractivity contribution is 6.04. The van der Waals surface area contributed by atoms with Crippen molar-refractivity contribution in [1.29, 1.82) is 0 Å². The van der Waals surface area contributed by atoms with Crippen molar-refractivity contribution in [1.82, 2.24) is 4.98 Å². The Morgan fingerprint density at radius 2 is 2.03 bits per heavy atom. The molecule has 1 saturated heterocycles. The minimum absolute atomic E-state index is 0.174. The van der Waals surface area contributed by atoms with Gasteiger partial charge in [-0.3, -0.25) is 9.78 Å². The number of fused-ring (bicyclic) bond motifs is 3. The summed E-state index contributed by atoms with van der Waals surface area (Å²) >= 11 is 0. The molecule has 2 aliphatic heterocycles. The number of carbonyl (C=O) groups excluding carboxylic acids is 1. The van der Waals surface area contributed by atoms with Gasteiger partial charge in [0.25, 0.3) is 5.91 Å². The highest BCUT2D eigenvalue weighted by Crippen LogP contribution is 2.41. The lowest BCUT2D eigenvalue weighted by Crippen LogP contribution is -2.49. The topological polar surface area (TPSA) is 74.7 Å². The molecular weight excluding hydrogens is 445 g/mol. The molecule has 2 aromatic carbocycles. The third-order valence-electron chi connectivity index (χ3n) is 6.86. The van der Waals surface area contributed by atoms with Gasteiger partial charge in [-0.25, -0.2) is 4.39 Å². The molecule has 0 bridgehead atoms. The molecule has 6 nitrogen and oxygen atoms in total. The molecule has 35 heavy (non-hydrogen) atoms. The highest BCUT2D eigenvalue weighted by atomic mass is 19.1. The molecule has 0 radical (unpaired) electrons. The first-order valence-electron chi connectivity index (χ1n) is 11.9. The number of carbonyl (C=O) groups is 1. The van der Waals surface area contributed by atoms with Gasteiger partial charge in [-0.1, -0.05) is 18.2 Å². The molecule has 0 unspecified atom stereocenters. The van der Waals surface area contributed by atoms with Crippen LogP contribution in [0.25, 0.3) is 11.1 Å². The molecule has 3 aromatic rings. The van der Waals surface area contributed by atoms with Gasteiger partial charge in [0.15, 0.2) is 0 Å².